The highest BCUT2D eigenvalue weighted by Gasteiger charge is 2.30. The number of aliphatic carboxylic acids is 1. The van der Waals surface area contributed by atoms with Crippen LogP contribution in [0, 0.1) is 0 Å². The molecule has 1 N–H and O–H groups in total. The number of carboxylic acids is 1. The Morgan fingerprint density at radius 1 is 1.43 bits per heavy atom. The molecule has 9 heteroatoms. The molecule has 1 saturated heterocycles. The van der Waals surface area contributed by atoms with Crippen LogP contribution in [0.3, 0.4) is 0 Å². The van der Waals surface area contributed by atoms with E-state index in [0.29, 0.717) is 18.8 Å². The number of furan rings is 1. The number of rotatable bonds is 4. The van der Waals surface area contributed by atoms with E-state index in [-0.39, 0.29) is 24.8 Å². The van der Waals surface area contributed by atoms with E-state index in [2.05, 4.69) is 21.0 Å². The Morgan fingerprint density at radius 2 is 2.26 bits per heavy atom. The molecule has 2 aromatic heterocycles. The number of carboxylic acid groups (broad SMARTS) is 1. The second-order valence-electron chi connectivity index (χ2n) is 5.07. The molecule has 2 aromatic rings. The van der Waals surface area contributed by atoms with Crippen molar-refractivity contribution < 1.29 is 23.8 Å². The molecule has 0 bridgehead atoms. The number of aromatic nitrogens is 2. The third kappa shape index (κ3) is 3.62. The third-order valence-electron chi connectivity index (χ3n) is 3.42. The molecule has 3 rings (SSSR count). The van der Waals surface area contributed by atoms with Crippen LogP contribution in [0.4, 0.5) is 0 Å². The van der Waals surface area contributed by atoms with Crippen molar-refractivity contribution in [3.8, 4) is 0 Å². The van der Waals surface area contributed by atoms with E-state index in [1.165, 1.54) is 4.90 Å². The lowest BCUT2D eigenvalue weighted by Crippen LogP contribution is -2.48. The highest BCUT2D eigenvalue weighted by Crippen LogP contribution is 2.15. The van der Waals surface area contributed by atoms with Crippen molar-refractivity contribution in [2.24, 2.45) is 0 Å². The number of nitrogens with zero attached hydrogens (tertiary/aromatic N) is 3. The molecule has 122 valence electrons. The first-order valence-corrected chi connectivity index (χ1v) is 7.72. The SMILES string of the molecule is O=C(O)[C@H]1CN(C(=O)c2ccc(Cn3cc(Br)cn3)o2)CCO1. The minimum atomic E-state index is -1.08. The van der Waals surface area contributed by atoms with E-state index in [1.54, 1.807) is 29.2 Å². The average molecular weight is 384 g/mol. The summed E-state index contributed by atoms with van der Waals surface area (Å²) in [6.07, 6.45) is 2.46. The van der Waals surface area contributed by atoms with Crippen molar-refractivity contribution in [3.63, 3.8) is 0 Å². The van der Waals surface area contributed by atoms with Gasteiger partial charge in [0.1, 0.15) is 5.76 Å². The van der Waals surface area contributed by atoms with Crippen LogP contribution in [0.1, 0.15) is 16.3 Å². The highest BCUT2D eigenvalue weighted by atomic mass is 79.9. The van der Waals surface area contributed by atoms with E-state index in [9.17, 15) is 9.59 Å². The van der Waals surface area contributed by atoms with Crippen LogP contribution >= 0.6 is 15.9 Å². The lowest BCUT2D eigenvalue weighted by atomic mass is 10.2. The number of ether oxygens (including phenoxy) is 1. The second kappa shape index (κ2) is 6.55. The van der Waals surface area contributed by atoms with Crippen LogP contribution in [0.5, 0.6) is 0 Å². The number of halogens is 1. The molecule has 1 fully saturated rings. The van der Waals surface area contributed by atoms with E-state index < -0.39 is 12.1 Å². The Balaban J connectivity index is 1.67. The smallest absolute Gasteiger partial charge is 0.334 e. The van der Waals surface area contributed by atoms with Gasteiger partial charge in [0.25, 0.3) is 5.91 Å². The van der Waals surface area contributed by atoms with Gasteiger partial charge in [-0.05, 0) is 28.1 Å². The van der Waals surface area contributed by atoms with Gasteiger partial charge in [-0.2, -0.15) is 5.10 Å². The maximum absolute atomic E-state index is 12.4. The molecule has 0 saturated carbocycles. The fourth-order valence-corrected chi connectivity index (χ4v) is 2.63. The summed E-state index contributed by atoms with van der Waals surface area (Å²) in [6.45, 7) is 0.943. The van der Waals surface area contributed by atoms with E-state index >= 15 is 0 Å². The quantitative estimate of drug-likeness (QED) is 0.851. The Kier molecular flexibility index (Phi) is 4.49. The number of hydrogen-bond acceptors (Lipinski definition) is 5. The summed E-state index contributed by atoms with van der Waals surface area (Å²) in [5.74, 6) is -0.649. The Labute approximate surface area is 139 Å². The molecule has 3 heterocycles. The maximum Gasteiger partial charge on any atom is 0.334 e. The lowest BCUT2D eigenvalue weighted by molar-refractivity contribution is -0.154. The Hall–Kier alpha value is -2.13. The van der Waals surface area contributed by atoms with Gasteiger partial charge >= 0.3 is 5.97 Å². The molecule has 0 radical (unpaired) electrons. The van der Waals surface area contributed by atoms with Crippen molar-refractivity contribution in [1.29, 1.82) is 0 Å². The van der Waals surface area contributed by atoms with Crippen molar-refractivity contribution in [3.05, 3.63) is 40.5 Å². The van der Waals surface area contributed by atoms with Crippen LogP contribution in [-0.2, 0) is 16.1 Å². The number of carbonyl (C=O) groups excluding carboxylic acids is 1. The molecule has 8 nitrogen and oxygen atoms in total. The highest BCUT2D eigenvalue weighted by molar-refractivity contribution is 9.10. The number of carbonyl (C=O) groups is 2. The fraction of sp³-hybridized carbons (Fsp3) is 0.357. The van der Waals surface area contributed by atoms with Crippen molar-refractivity contribution in [2.75, 3.05) is 19.7 Å². The van der Waals surface area contributed by atoms with E-state index in [1.807, 2.05) is 0 Å². The minimum Gasteiger partial charge on any atom is -0.479 e. The van der Waals surface area contributed by atoms with Gasteiger partial charge in [0.15, 0.2) is 11.9 Å². The third-order valence-corrected chi connectivity index (χ3v) is 3.83. The minimum absolute atomic E-state index is 0.0102. The number of hydrogen-bond donors (Lipinski definition) is 1. The summed E-state index contributed by atoms with van der Waals surface area (Å²) in [4.78, 5) is 24.8. The summed E-state index contributed by atoms with van der Waals surface area (Å²) in [7, 11) is 0. The summed E-state index contributed by atoms with van der Waals surface area (Å²) >= 11 is 3.31. The molecular formula is C14H14BrN3O5. The monoisotopic (exact) mass is 383 g/mol. The topological polar surface area (TPSA) is 97.8 Å². The van der Waals surface area contributed by atoms with E-state index in [0.717, 1.165) is 4.47 Å². The summed E-state index contributed by atoms with van der Waals surface area (Å²) in [6, 6.07) is 3.29. The molecule has 0 aromatic carbocycles. The second-order valence-corrected chi connectivity index (χ2v) is 5.99. The van der Waals surface area contributed by atoms with Gasteiger partial charge in [-0.25, -0.2) is 4.79 Å². The summed E-state index contributed by atoms with van der Waals surface area (Å²) in [5, 5.41) is 13.1. The van der Waals surface area contributed by atoms with E-state index in [4.69, 9.17) is 14.3 Å². The molecule has 1 atom stereocenters. The Morgan fingerprint density at radius 3 is 2.96 bits per heavy atom. The van der Waals surface area contributed by atoms with Gasteiger partial charge in [0.05, 0.1) is 30.4 Å². The van der Waals surface area contributed by atoms with Gasteiger partial charge in [-0.3, -0.25) is 9.48 Å². The van der Waals surface area contributed by atoms with Crippen molar-refractivity contribution >= 4 is 27.8 Å². The Bertz CT molecular complexity index is 726. The first-order chi connectivity index (χ1) is 11.0. The zero-order valence-corrected chi connectivity index (χ0v) is 13.6. The number of morpholine rings is 1. The summed E-state index contributed by atoms with van der Waals surface area (Å²) < 4.78 is 13.2. The summed E-state index contributed by atoms with van der Waals surface area (Å²) in [5.41, 5.74) is 0. The van der Waals surface area contributed by atoms with Gasteiger partial charge in [-0.1, -0.05) is 0 Å². The normalized spacial score (nSPS) is 18.1. The lowest BCUT2D eigenvalue weighted by Gasteiger charge is -2.30. The zero-order valence-electron chi connectivity index (χ0n) is 12.0. The predicted octanol–water partition coefficient (Wildman–Crippen LogP) is 1.21. The average Bonchev–Trinajstić information content (AvgIpc) is 3.16. The van der Waals surface area contributed by atoms with Gasteiger partial charge < -0.3 is 19.2 Å². The van der Waals surface area contributed by atoms with Gasteiger partial charge in [0, 0.05) is 12.7 Å². The molecule has 23 heavy (non-hydrogen) atoms. The van der Waals surface area contributed by atoms with Crippen molar-refractivity contribution in [2.45, 2.75) is 12.6 Å². The molecular weight excluding hydrogens is 370 g/mol. The molecule has 1 amide bonds. The standard InChI is InChI=1S/C14H14BrN3O5/c15-9-5-16-18(6-9)7-10-1-2-11(23-10)13(19)17-3-4-22-12(8-17)14(20)21/h1-2,5-6,12H,3-4,7-8H2,(H,20,21)/t12-/m1/s1. The molecule has 1 aliphatic rings. The van der Waals surface area contributed by atoms with Crippen molar-refractivity contribution in [1.82, 2.24) is 14.7 Å². The predicted molar refractivity (Wildman–Crippen MR) is 81.0 cm³/mol. The largest absolute Gasteiger partial charge is 0.479 e. The van der Waals surface area contributed by atoms with Crippen LogP contribution in [0.2, 0.25) is 0 Å². The first-order valence-electron chi connectivity index (χ1n) is 6.93. The fourth-order valence-electron chi connectivity index (χ4n) is 2.30. The van der Waals surface area contributed by atoms with Crippen LogP contribution in [0.25, 0.3) is 0 Å². The zero-order chi connectivity index (χ0) is 16.4. The molecule has 1 aliphatic heterocycles. The van der Waals surface area contributed by atoms with Crippen LogP contribution in [-0.4, -0.2) is 57.5 Å². The molecule has 0 aliphatic carbocycles. The van der Waals surface area contributed by atoms with Crippen LogP contribution in [0.15, 0.2) is 33.4 Å². The van der Waals surface area contributed by atoms with Crippen LogP contribution < -0.4 is 0 Å². The maximum atomic E-state index is 12.4. The van der Waals surface area contributed by atoms with Gasteiger partial charge in [-0.15, -0.1) is 0 Å². The molecule has 0 spiro atoms. The molecule has 0 unspecified atom stereocenters. The van der Waals surface area contributed by atoms with Gasteiger partial charge in [0.2, 0.25) is 0 Å². The number of amides is 1. The first kappa shape index (κ1) is 15.8.